The van der Waals surface area contributed by atoms with Gasteiger partial charge in [0.25, 0.3) is 0 Å². The molecule has 1 aromatic carbocycles. The van der Waals surface area contributed by atoms with Crippen molar-refractivity contribution in [1.82, 2.24) is 4.90 Å². The Morgan fingerprint density at radius 3 is 2.29 bits per heavy atom. The predicted molar refractivity (Wildman–Crippen MR) is 107 cm³/mol. The normalized spacial score (nSPS) is 20.0. The van der Waals surface area contributed by atoms with E-state index in [-0.39, 0.29) is 12.4 Å². The Morgan fingerprint density at radius 1 is 0.958 bits per heavy atom. The third kappa shape index (κ3) is 5.70. The van der Waals surface area contributed by atoms with E-state index < -0.39 is 0 Å². The SMILES string of the molecule is Cl.Clc1cc(C/C=C\N2CCCCCC2)ccc1C1CCCCC1. The van der Waals surface area contributed by atoms with Gasteiger partial charge in [-0.2, -0.15) is 0 Å². The molecule has 0 atom stereocenters. The topological polar surface area (TPSA) is 3.24 Å². The molecule has 1 heterocycles. The first-order valence-electron chi connectivity index (χ1n) is 9.52. The number of hydrogen-bond acceptors (Lipinski definition) is 1. The summed E-state index contributed by atoms with van der Waals surface area (Å²) in [6.07, 6.45) is 17.8. The van der Waals surface area contributed by atoms with Gasteiger partial charge in [0.1, 0.15) is 0 Å². The molecule has 3 heteroatoms. The summed E-state index contributed by atoms with van der Waals surface area (Å²) in [5.41, 5.74) is 2.72. The van der Waals surface area contributed by atoms with E-state index in [1.807, 2.05) is 0 Å². The van der Waals surface area contributed by atoms with Crippen molar-refractivity contribution < 1.29 is 0 Å². The van der Waals surface area contributed by atoms with E-state index in [1.54, 1.807) is 0 Å². The molecule has 3 rings (SSSR count). The van der Waals surface area contributed by atoms with Gasteiger partial charge in [-0.3, -0.25) is 0 Å². The largest absolute Gasteiger partial charge is 0.378 e. The van der Waals surface area contributed by atoms with E-state index in [2.05, 4.69) is 35.4 Å². The van der Waals surface area contributed by atoms with Crippen molar-refractivity contribution in [3.8, 4) is 0 Å². The third-order valence-corrected chi connectivity index (χ3v) is 5.75. The fourth-order valence-electron chi connectivity index (χ4n) is 4.02. The van der Waals surface area contributed by atoms with Crippen molar-refractivity contribution >= 4 is 24.0 Å². The summed E-state index contributed by atoms with van der Waals surface area (Å²) in [6, 6.07) is 6.76. The molecule has 0 N–H and O–H groups in total. The van der Waals surface area contributed by atoms with E-state index >= 15 is 0 Å². The van der Waals surface area contributed by atoms with E-state index in [9.17, 15) is 0 Å². The Kier molecular flexibility index (Phi) is 8.49. The van der Waals surface area contributed by atoms with Crippen LogP contribution in [0.5, 0.6) is 0 Å². The fourth-order valence-corrected chi connectivity index (χ4v) is 4.38. The van der Waals surface area contributed by atoms with Gasteiger partial charge in [0, 0.05) is 18.1 Å². The molecule has 0 amide bonds. The second kappa shape index (κ2) is 10.4. The number of halogens is 2. The van der Waals surface area contributed by atoms with Gasteiger partial charge in [-0.1, -0.05) is 61.9 Å². The standard InChI is InChI=1S/C21H30ClN.ClH/c22-21-17-18(9-8-16-23-14-6-1-2-7-15-23)12-13-20(21)19-10-4-3-5-11-19;/h8,12-13,16-17,19H,1-7,9-11,14-15H2;1H/b16-8-;. The van der Waals surface area contributed by atoms with Gasteiger partial charge in [0.2, 0.25) is 0 Å². The van der Waals surface area contributed by atoms with Gasteiger partial charge < -0.3 is 4.90 Å². The maximum absolute atomic E-state index is 6.58. The molecular formula is C21H31Cl2N. The first-order valence-corrected chi connectivity index (χ1v) is 9.90. The molecule has 1 nitrogen and oxygen atoms in total. The highest BCUT2D eigenvalue weighted by Gasteiger charge is 2.17. The van der Waals surface area contributed by atoms with Crippen LogP contribution in [-0.2, 0) is 6.42 Å². The minimum absolute atomic E-state index is 0. The molecule has 0 radical (unpaired) electrons. The molecule has 0 unspecified atom stereocenters. The first-order chi connectivity index (χ1) is 11.3. The average molecular weight is 368 g/mol. The lowest BCUT2D eigenvalue weighted by molar-refractivity contribution is 0.390. The molecule has 1 aliphatic heterocycles. The average Bonchev–Trinajstić information content (AvgIpc) is 2.85. The Hall–Kier alpha value is -0.660. The van der Waals surface area contributed by atoms with Crippen molar-refractivity contribution in [2.75, 3.05) is 13.1 Å². The molecule has 0 bridgehead atoms. The number of rotatable bonds is 4. The molecule has 1 aromatic rings. The minimum atomic E-state index is 0. The highest BCUT2D eigenvalue weighted by Crippen LogP contribution is 2.36. The van der Waals surface area contributed by atoms with E-state index in [0.29, 0.717) is 5.92 Å². The molecule has 1 saturated heterocycles. The highest BCUT2D eigenvalue weighted by atomic mass is 35.5. The number of nitrogens with zero attached hydrogens (tertiary/aromatic N) is 1. The number of allylic oxidation sites excluding steroid dienone is 1. The summed E-state index contributed by atoms with van der Waals surface area (Å²) in [5.74, 6) is 0.693. The van der Waals surface area contributed by atoms with Crippen LogP contribution in [0.25, 0.3) is 0 Å². The van der Waals surface area contributed by atoms with Gasteiger partial charge in [-0.05, 0) is 61.4 Å². The zero-order valence-corrected chi connectivity index (χ0v) is 16.3. The van der Waals surface area contributed by atoms with Crippen LogP contribution in [0.1, 0.15) is 74.8 Å². The summed E-state index contributed by atoms with van der Waals surface area (Å²) in [6.45, 7) is 2.44. The number of benzene rings is 1. The van der Waals surface area contributed by atoms with Crippen molar-refractivity contribution in [3.05, 3.63) is 46.6 Å². The quantitative estimate of drug-likeness (QED) is 0.569. The van der Waals surface area contributed by atoms with Crippen LogP contribution in [0, 0.1) is 0 Å². The monoisotopic (exact) mass is 367 g/mol. The van der Waals surface area contributed by atoms with Crippen molar-refractivity contribution in [1.29, 1.82) is 0 Å². The lowest BCUT2D eigenvalue weighted by Gasteiger charge is -2.23. The van der Waals surface area contributed by atoms with Gasteiger partial charge in [-0.25, -0.2) is 0 Å². The molecule has 134 valence electrons. The maximum atomic E-state index is 6.58. The van der Waals surface area contributed by atoms with Crippen LogP contribution in [0.3, 0.4) is 0 Å². The summed E-state index contributed by atoms with van der Waals surface area (Å²) in [5, 5.41) is 0.984. The van der Waals surface area contributed by atoms with Crippen LogP contribution in [0.4, 0.5) is 0 Å². The second-order valence-electron chi connectivity index (χ2n) is 7.23. The summed E-state index contributed by atoms with van der Waals surface area (Å²) >= 11 is 6.58. The van der Waals surface area contributed by atoms with Crippen LogP contribution in [0.15, 0.2) is 30.5 Å². The minimum Gasteiger partial charge on any atom is -0.378 e. The van der Waals surface area contributed by atoms with Crippen molar-refractivity contribution in [2.24, 2.45) is 0 Å². The Bertz CT molecular complexity index is 513. The second-order valence-corrected chi connectivity index (χ2v) is 7.64. The van der Waals surface area contributed by atoms with Crippen LogP contribution in [-0.4, -0.2) is 18.0 Å². The molecule has 0 spiro atoms. The maximum Gasteiger partial charge on any atom is 0.0443 e. The molecule has 2 aliphatic rings. The zero-order chi connectivity index (χ0) is 15.9. The van der Waals surface area contributed by atoms with E-state index in [1.165, 1.54) is 82.0 Å². The van der Waals surface area contributed by atoms with Gasteiger partial charge in [0.15, 0.2) is 0 Å². The lowest BCUT2D eigenvalue weighted by Crippen LogP contribution is -2.17. The lowest BCUT2D eigenvalue weighted by atomic mass is 9.84. The van der Waals surface area contributed by atoms with Crippen LogP contribution < -0.4 is 0 Å². The molecule has 1 saturated carbocycles. The summed E-state index contributed by atoms with van der Waals surface area (Å²) in [7, 11) is 0. The van der Waals surface area contributed by atoms with Gasteiger partial charge >= 0.3 is 0 Å². The number of likely N-dealkylation sites (tertiary alicyclic amines) is 1. The van der Waals surface area contributed by atoms with Crippen LogP contribution in [0.2, 0.25) is 5.02 Å². The van der Waals surface area contributed by atoms with Gasteiger partial charge in [-0.15, -0.1) is 12.4 Å². The van der Waals surface area contributed by atoms with Gasteiger partial charge in [0.05, 0.1) is 0 Å². The Morgan fingerprint density at radius 2 is 1.62 bits per heavy atom. The van der Waals surface area contributed by atoms with E-state index in [4.69, 9.17) is 11.6 Å². The molecule has 1 aliphatic carbocycles. The molecule has 2 fully saturated rings. The number of hydrogen-bond donors (Lipinski definition) is 0. The van der Waals surface area contributed by atoms with Crippen molar-refractivity contribution in [2.45, 2.75) is 70.1 Å². The summed E-state index contributed by atoms with van der Waals surface area (Å²) in [4.78, 5) is 2.48. The van der Waals surface area contributed by atoms with Crippen molar-refractivity contribution in [3.63, 3.8) is 0 Å². The third-order valence-electron chi connectivity index (χ3n) is 5.42. The van der Waals surface area contributed by atoms with Crippen LogP contribution >= 0.6 is 24.0 Å². The predicted octanol–water partition coefficient (Wildman–Crippen LogP) is 6.74. The Labute approximate surface area is 158 Å². The fraction of sp³-hybridized carbons (Fsp3) is 0.619. The molecule has 0 aromatic heterocycles. The Balaban J connectivity index is 0.00000208. The first kappa shape index (κ1) is 19.7. The summed E-state index contributed by atoms with van der Waals surface area (Å²) < 4.78 is 0. The molecule has 24 heavy (non-hydrogen) atoms. The smallest absolute Gasteiger partial charge is 0.0443 e. The zero-order valence-electron chi connectivity index (χ0n) is 14.7. The highest BCUT2D eigenvalue weighted by molar-refractivity contribution is 6.31. The molecular weight excluding hydrogens is 337 g/mol. The van der Waals surface area contributed by atoms with E-state index in [0.717, 1.165) is 11.4 Å².